The molecule has 1 atom stereocenters. The molecule has 0 aliphatic carbocycles. The van der Waals surface area contributed by atoms with Gasteiger partial charge in [0.15, 0.2) is 5.82 Å². The average Bonchev–Trinajstić information content (AvgIpc) is 3.06. The van der Waals surface area contributed by atoms with Gasteiger partial charge in [-0.25, -0.2) is 0 Å². The summed E-state index contributed by atoms with van der Waals surface area (Å²) in [5, 5.41) is 10.7. The lowest BCUT2D eigenvalue weighted by atomic mass is 9.98. The second kappa shape index (κ2) is 5.89. The van der Waals surface area contributed by atoms with Crippen LogP contribution in [0.5, 0.6) is 0 Å². The van der Waals surface area contributed by atoms with Gasteiger partial charge in [-0.3, -0.25) is 5.10 Å². The van der Waals surface area contributed by atoms with Gasteiger partial charge in [0, 0.05) is 13.1 Å². The summed E-state index contributed by atoms with van der Waals surface area (Å²) < 4.78 is 5.56. The van der Waals surface area contributed by atoms with Crippen LogP contribution in [0.25, 0.3) is 11.4 Å². The predicted octanol–water partition coefficient (Wildman–Crippen LogP) is 2.12. The lowest BCUT2D eigenvalue weighted by Crippen LogP contribution is -2.39. The Balaban J connectivity index is 1.77. The fourth-order valence-electron chi connectivity index (χ4n) is 3.08. The van der Waals surface area contributed by atoms with Crippen LogP contribution < -0.4 is 10.2 Å². The third-order valence-electron chi connectivity index (χ3n) is 4.06. The van der Waals surface area contributed by atoms with Crippen molar-refractivity contribution in [2.24, 2.45) is 5.92 Å². The van der Waals surface area contributed by atoms with E-state index in [1.165, 1.54) is 12.8 Å². The van der Waals surface area contributed by atoms with Gasteiger partial charge in [0.2, 0.25) is 5.95 Å². The molecule has 1 aliphatic heterocycles. The smallest absolute Gasteiger partial charge is 0.245 e. The maximum absolute atomic E-state index is 5.56. The molecule has 0 saturated carbocycles. The number of anilines is 1. The van der Waals surface area contributed by atoms with E-state index in [-0.39, 0.29) is 0 Å². The Labute approximate surface area is 124 Å². The minimum absolute atomic E-state index is 0.670. The highest BCUT2D eigenvalue weighted by molar-refractivity contribution is 5.59. The number of hydrogen-bond acceptors (Lipinski definition) is 5. The molecule has 1 fully saturated rings. The minimum Gasteiger partial charge on any atom is -0.466 e. The molecular weight excluding hydrogens is 266 g/mol. The predicted molar refractivity (Wildman–Crippen MR) is 82.4 cm³/mol. The first-order valence-corrected chi connectivity index (χ1v) is 7.56. The second-order valence-corrected chi connectivity index (χ2v) is 5.82. The van der Waals surface area contributed by atoms with Crippen molar-refractivity contribution in [3.8, 4) is 11.4 Å². The van der Waals surface area contributed by atoms with Crippen molar-refractivity contribution in [3.63, 3.8) is 0 Å². The van der Waals surface area contributed by atoms with E-state index in [0.717, 1.165) is 48.5 Å². The van der Waals surface area contributed by atoms with Gasteiger partial charge in [-0.15, -0.1) is 5.10 Å². The summed E-state index contributed by atoms with van der Waals surface area (Å²) in [5.74, 6) is 4.03. The fraction of sp³-hybridized carbons (Fsp3) is 0.600. The van der Waals surface area contributed by atoms with Crippen molar-refractivity contribution in [2.45, 2.75) is 26.7 Å². The van der Waals surface area contributed by atoms with Gasteiger partial charge in [-0.2, -0.15) is 4.98 Å². The van der Waals surface area contributed by atoms with E-state index in [1.807, 2.05) is 27.0 Å². The quantitative estimate of drug-likeness (QED) is 0.902. The molecule has 0 spiro atoms. The van der Waals surface area contributed by atoms with E-state index in [1.54, 1.807) is 0 Å². The van der Waals surface area contributed by atoms with E-state index in [4.69, 9.17) is 4.42 Å². The third kappa shape index (κ3) is 2.95. The second-order valence-electron chi connectivity index (χ2n) is 5.82. The highest BCUT2D eigenvalue weighted by Crippen LogP contribution is 2.26. The Morgan fingerprint density at radius 3 is 3.05 bits per heavy atom. The molecule has 21 heavy (non-hydrogen) atoms. The largest absolute Gasteiger partial charge is 0.466 e. The first kappa shape index (κ1) is 14.1. The molecule has 1 saturated heterocycles. The molecule has 3 heterocycles. The van der Waals surface area contributed by atoms with Crippen LogP contribution in [0.4, 0.5) is 5.95 Å². The van der Waals surface area contributed by atoms with Crippen LogP contribution in [-0.4, -0.2) is 41.9 Å². The zero-order valence-electron chi connectivity index (χ0n) is 12.9. The van der Waals surface area contributed by atoms with Crippen LogP contribution in [-0.2, 0) is 0 Å². The molecule has 1 aliphatic rings. The summed E-state index contributed by atoms with van der Waals surface area (Å²) in [6, 6.07) is 2.00. The highest BCUT2D eigenvalue weighted by atomic mass is 16.3. The van der Waals surface area contributed by atoms with E-state index < -0.39 is 0 Å². The fourth-order valence-corrected chi connectivity index (χ4v) is 3.08. The van der Waals surface area contributed by atoms with Gasteiger partial charge >= 0.3 is 0 Å². The number of nitrogens with zero attached hydrogens (tertiary/aromatic N) is 3. The summed E-state index contributed by atoms with van der Waals surface area (Å²) >= 11 is 0. The monoisotopic (exact) mass is 289 g/mol. The maximum Gasteiger partial charge on any atom is 0.245 e. The van der Waals surface area contributed by atoms with Crippen LogP contribution >= 0.6 is 0 Å². The molecule has 2 aromatic rings. The first-order valence-electron chi connectivity index (χ1n) is 7.56. The number of furan rings is 1. The number of nitrogens with one attached hydrogen (secondary N) is 2. The van der Waals surface area contributed by atoms with Gasteiger partial charge in [0.25, 0.3) is 0 Å². The molecule has 1 unspecified atom stereocenters. The molecule has 0 radical (unpaired) electrons. The van der Waals surface area contributed by atoms with Gasteiger partial charge in [0.1, 0.15) is 11.5 Å². The number of H-pyrrole nitrogens is 1. The van der Waals surface area contributed by atoms with Gasteiger partial charge in [-0.1, -0.05) is 0 Å². The Hall–Kier alpha value is -1.82. The number of piperidine rings is 1. The number of aromatic nitrogens is 3. The summed E-state index contributed by atoms with van der Waals surface area (Å²) in [6.07, 6.45) is 2.47. The molecule has 0 aromatic carbocycles. The Morgan fingerprint density at radius 1 is 1.48 bits per heavy atom. The standard InChI is InChI=1S/C15H23N5O/c1-10-7-13(11(2)21-10)14-17-15(19-18-14)20-6-4-5-12(9-20)8-16-3/h7,12,16H,4-6,8-9H2,1-3H3,(H,17,18,19). The summed E-state index contributed by atoms with van der Waals surface area (Å²) in [6.45, 7) is 6.99. The maximum atomic E-state index is 5.56. The van der Waals surface area contributed by atoms with Crippen molar-refractivity contribution in [2.75, 3.05) is 31.6 Å². The Bertz CT molecular complexity index is 601. The van der Waals surface area contributed by atoms with Crippen LogP contribution in [0.15, 0.2) is 10.5 Å². The molecule has 0 bridgehead atoms. The summed E-state index contributed by atoms with van der Waals surface area (Å²) in [4.78, 5) is 6.92. The Morgan fingerprint density at radius 2 is 2.33 bits per heavy atom. The van der Waals surface area contributed by atoms with Crippen LogP contribution in [0.2, 0.25) is 0 Å². The summed E-state index contributed by atoms with van der Waals surface area (Å²) in [7, 11) is 2.01. The molecule has 6 nitrogen and oxygen atoms in total. The average molecular weight is 289 g/mol. The lowest BCUT2D eigenvalue weighted by molar-refractivity contribution is 0.399. The highest BCUT2D eigenvalue weighted by Gasteiger charge is 2.23. The van der Waals surface area contributed by atoms with Gasteiger partial charge in [-0.05, 0) is 52.3 Å². The molecule has 6 heteroatoms. The van der Waals surface area contributed by atoms with Crippen molar-refractivity contribution < 1.29 is 4.42 Å². The SMILES string of the molecule is CNCC1CCCN(c2n[nH]c(-c3cc(C)oc3C)n2)C1. The summed E-state index contributed by atoms with van der Waals surface area (Å²) in [5.41, 5.74) is 0.995. The van der Waals surface area contributed by atoms with Crippen molar-refractivity contribution in [3.05, 3.63) is 17.6 Å². The Kier molecular flexibility index (Phi) is 3.96. The van der Waals surface area contributed by atoms with Crippen LogP contribution in [0, 0.1) is 19.8 Å². The molecule has 114 valence electrons. The zero-order chi connectivity index (χ0) is 14.8. The molecule has 0 amide bonds. The van der Waals surface area contributed by atoms with Gasteiger partial charge < -0.3 is 14.6 Å². The number of aromatic amines is 1. The number of rotatable bonds is 4. The molecular formula is C15H23N5O. The minimum atomic E-state index is 0.670. The number of aryl methyl sites for hydroxylation is 2. The van der Waals surface area contributed by atoms with Crippen LogP contribution in [0.3, 0.4) is 0 Å². The van der Waals surface area contributed by atoms with E-state index in [0.29, 0.717) is 5.92 Å². The zero-order valence-corrected chi connectivity index (χ0v) is 12.9. The van der Waals surface area contributed by atoms with E-state index >= 15 is 0 Å². The van der Waals surface area contributed by atoms with Crippen molar-refractivity contribution in [1.82, 2.24) is 20.5 Å². The van der Waals surface area contributed by atoms with Crippen LogP contribution in [0.1, 0.15) is 24.4 Å². The molecule has 2 N–H and O–H groups in total. The van der Waals surface area contributed by atoms with Gasteiger partial charge in [0.05, 0.1) is 5.56 Å². The number of hydrogen-bond donors (Lipinski definition) is 2. The van der Waals surface area contributed by atoms with Crippen molar-refractivity contribution in [1.29, 1.82) is 0 Å². The molecule has 3 rings (SSSR count). The topological polar surface area (TPSA) is 70.0 Å². The van der Waals surface area contributed by atoms with Crippen molar-refractivity contribution >= 4 is 5.95 Å². The first-order chi connectivity index (χ1) is 10.2. The lowest BCUT2D eigenvalue weighted by Gasteiger charge is -2.31. The van der Waals surface area contributed by atoms with E-state index in [2.05, 4.69) is 25.4 Å². The molecule has 2 aromatic heterocycles. The normalized spacial score (nSPS) is 19.2. The van der Waals surface area contributed by atoms with E-state index in [9.17, 15) is 0 Å². The third-order valence-corrected chi connectivity index (χ3v) is 4.06.